The van der Waals surface area contributed by atoms with Crippen molar-refractivity contribution in [1.29, 1.82) is 0 Å². The number of nitrogens with one attached hydrogen (secondary N) is 1. The number of nitrogen functional groups attached to an aromatic ring is 1. The van der Waals surface area contributed by atoms with Crippen molar-refractivity contribution in [3.05, 3.63) is 29.3 Å². The van der Waals surface area contributed by atoms with Crippen molar-refractivity contribution in [3.8, 4) is 0 Å². The Morgan fingerprint density at radius 2 is 2.33 bits per heavy atom. The van der Waals surface area contributed by atoms with E-state index < -0.39 is 0 Å². The van der Waals surface area contributed by atoms with Crippen LogP contribution < -0.4 is 11.1 Å². The van der Waals surface area contributed by atoms with Crippen molar-refractivity contribution >= 4 is 23.4 Å². The summed E-state index contributed by atoms with van der Waals surface area (Å²) < 4.78 is 0.198. The maximum Gasteiger partial charge on any atom is 0.251 e. The van der Waals surface area contributed by atoms with E-state index in [1.807, 2.05) is 36.9 Å². The molecule has 4 heteroatoms. The minimum Gasteiger partial charge on any atom is -0.398 e. The van der Waals surface area contributed by atoms with E-state index >= 15 is 0 Å². The molecular formula is C14H20N2OS. The van der Waals surface area contributed by atoms with E-state index in [1.165, 1.54) is 18.6 Å². The van der Waals surface area contributed by atoms with E-state index in [-0.39, 0.29) is 10.7 Å². The number of hydrogen-bond donors (Lipinski definition) is 2. The van der Waals surface area contributed by atoms with Crippen molar-refractivity contribution in [1.82, 2.24) is 5.32 Å². The molecule has 1 atom stereocenters. The fourth-order valence-electron chi connectivity index (χ4n) is 2.24. The van der Waals surface area contributed by atoms with Gasteiger partial charge in [-0.15, -0.1) is 0 Å². The third-order valence-corrected chi connectivity index (χ3v) is 5.08. The number of rotatable bonds is 3. The highest BCUT2D eigenvalue weighted by Gasteiger charge is 2.29. The molecule has 18 heavy (non-hydrogen) atoms. The number of benzene rings is 1. The number of anilines is 1. The number of hydrogen-bond acceptors (Lipinski definition) is 3. The van der Waals surface area contributed by atoms with E-state index in [2.05, 4.69) is 12.2 Å². The van der Waals surface area contributed by atoms with E-state index in [1.54, 1.807) is 0 Å². The quantitative estimate of drug-likeness (QED) is 0.825. The predicted octanol–water partition coefficient (Wildman–Crippen LogP) is 2.59. The molecule has 98 valence electrons. The van der Waals surface area contributed by atoms with Crippen LogP contribution in [0.3, 0.4) is 0 Å². The molecule has 1 unspecified atom stereocenters. The van der Waals surface area contributed by atoms with Crippen LogP contribution in [0.5, 0.6) is 0 Å². The summed E-state index contributed by atoms with van der Waals surface area (Å²) in [5.41, 5.74) is 8.03. The number of nitrogens with two attached hydrogens (primary N) is 1. The van der Waals surface area contributed by atoms with Crippen LogP contribution in [0.1, 0.15) is 35.7 Å². The Hall–Kier alpha value is -1.16. The lowest BCUT2D eigenvalue weighted by atomic mass is 10.0. The lowest BCUT2D eigenvalue weighted by Gasteiger charge is -2.23. The molecule has 1 amide bonds. The summed E-state index contributed by atoms with van der Waals surface area (Å²) in [6.45, 7) is 4.83. The number of carbonyl (C=O) groups excluding carboxylic acids is 1. The van der Waals surface area contributed by atoms with Crippen LogP contribution in [0.15, 0.2) is 18.2 Å². The summed E-state index contributed by atoms with van der Waals surface area (Å²) >= 11 is 1.95. The molecule has 0 bridgehead atoms. The molecule has 1 aliphatic rings. The Labute approximate surface area is 113 Å². The number of carbonyl (C=O) groups is 1. The smallest absolute Gasteiger partial charge is 0.251 e. The van der Waals surface area contributed by atoms with Crippen LogP contribution in [-0.2, 0) is 0 Å². The molecule has 0 aromatic heterocycles. The molecular weight excluding hydrogens is 244 g/mol. The van der Waals surface area contributed by atoms with Gasteiger partial charge in [0.25, 0.3) is 5.91 Å². The summed E-state index contributed by atoms with van der Waals surface area (Å²) in [6.07, 6.45) is 2.42. The van der Waals surface area contributed by atoms with Crippen LogP contribution in [-0.4, -0.2) is 23.0 Å². The Balaban J connectivity index is 2.01. The predicted molar refractivity (Wildman–Crippen MR) is 78.0 cm³/mol. The van der Waals surface area contributed by atoms with Crippen LogP contribution in [0, 0.1) is 6.92 Å². The van der Waals surface area contributed by atoms with Crippen LogP contribution in [0.2, 0.25) is 0 Å². The molecule has 0 spiro atoms. The average Bonchev–Trinajstić information content (AvgIpc) is 2.77. The first-order valence-electron chi connectivity index (χ1n) is 6.29. The SMILES string of the molecule is Cc1c(N)cccc1C(=O)NCC1(C)CCCS1. The molecule has 1 heterocycles. The summed E-state index contributed by atoms with van der Waals surface area (Å²) in [7, 11) is 0. The summed E-state index contributed by atoms with van der Waals surface area (Å²) in [5.74, 6) is 1.18. The maximum absolute atomic E-state index is 12.1. The second-order valence-electron chi connectivity index (χ2n) is 5.10. The van der Waals surface area contributed by atoms with Crippen molar-refractivity contribution in [2.24, 2.45) is 0 Å². The van der Waals surface area contributed by atoms with Gasteiger partial charge >= 0.3 is 0 Å². The highest BCUT2D eigenvalue weighted by molar-refractivity contribution is 8.00. The van der Waals surface area contributed by atoms with Gasteiger partial charge in [0.15, 0.2) is 0 Å². The zero-order valence-electron chi connectivity index (χ0n) is 11.0. The summed E-state index contributed by atoms with van der Waals surface area (Å²) in [4.78, 5) is 12.1. The van der Waals surface area contributed by atoms with Gasteiger partial charge in [-0.1, -0.05) is 6.07 Å². The fraction of sp³-hybridized carbons (Fsp3) is 0.500. The van der Waals surface area contributed by atoms with Gasteiger partial charge in [0.05, 0.1) is 0 Å². The van der Waals surface area contributed by atoms with E-state index in [0.717, 1.165) is 12.1 Å². The van der Waals surface area contributed by atoms with Gasteiger partial charge in [-0.3, -0.25) is 4.79 Å². The molecule has 0 aliphatic carbocycles. The molecule has 1 fully saturated rings. The molecule has 0 saturated carbocycles. The monoisotopic (exact) mass is 264 g/mol. The third-order valence-electron chi connectivity index (χ3n) is 3.54. The molecule has 1 saturated heterocycles. The van der Waals surface area contributed by atoms with Crippen LogP contribution in [0.4, 0.5) is 5.69 Å². The largest absolute Gasteiger partial charge is 0.398 e. The van der Waals surface area contributed by atoms with Crippen molar-refractivity contribution in [2.75, 3.05) is 18.0 Å². The number of thioether (sulfide) groups is 1. The summed E-state index contributed by atoms with van der Waals surface area (Å²) in [6, 6.07) is 5.47. The molecule has 1 aromatic rings. The van der Waals surface area contributed by atoms with Gasteiger partial charge in [-0.25, -0.2) is 0 Å². The van der Waals surface area contributed by atoms with Crippen molar-refractivity contribution < 1.29 is 4.79 Å². The fourth-order valence-corrected chi connectivity index (χ4v) is 3.48. The van der Waals surface area contributed by atoms with Crippen LogP contribution in [0.25, 0.3) is 0 Å². The highest BCUT2D eigenvalue weighted by atomic mass is 32.2. The molecule has 3 nitrogen and oxygen atoms in total. The first kappa shape index (κ1) is 13.3. The van der Waals surface area contributed by atoms with E-state index in [9.17, 15) is 4.79 Å². The highest BCUT2D eigenvalue weighted by Crippen LogP contribution is 2.37. The molecule has 0 radical (unpaired) electrons. The molecule has 1 aliphatic heterocycles. The van der Waals surface area contributed by atoms with Gasteiger partial charge < -0.3 is 11.1 Å². The Bertz CT molecular complexity index is 453. The van der Waals surface area contributed by atoms with Gasteiger partial charge in [-0.05, 0) is 50.1 Å². The second kappa shape index (κ2) is 5.22. The second-order valence-corrected chi connectivity index (χ2v) is 6.79. The first-order chi connectivity index (χ1) is 8.52. The van der Waals surface area contributed by atoms with Crippen molar-refractivity contribution in [3.63, 3.8) is 0 Å². The average molecular weight is 264 g/mol. The zero-order valence-corrected chi connectivity index (χ0v) is 11.8. The topological polar surface area (TPSA) is 55.1 Å². The van der Waals surface area contributed by atoms with E-state index in [0.29, 0.717) is 11.3 Å². The Morgan fingerprint density at radius 3 is 3.00 bits per heavy atom. The normalized spacial score (nSPS) is 23.0. The first-order valence-corrected chi connectivity index (χ1v) is 7.28. The Morgan fingerprint density at radius 1 is 1.56 bits per heavy atom. The van der Waals surface area contributed by atoms with Gasteiger partial charge in [0.1, 0.15) is 0 Å². The third kappa shape index (κ3) is 2.80. The minimum atomic E-state index is -0.0199. The zero-order chi connectivity index (χ0) is 13.2. The molecule has 3 N–H and O–H groups in total. The van der Waals surface area contributed by atoms with Gasteiger partial charge in [0, 0.05) is 22.5 Å². The Kier molecular flexibility index (Phi) is 3.85. The van der Waals surface area contributed by atoms with Gasteiger partial charge in [-0.2, -0.15) is 11.8 Å². The summed E-state index contributed by atoms with van der Waals surface area (Å²) in [5, 5.41) is 3.03. The van der Waals surface area contributed by atoms with Crippen LogP contribution >= 0.6 is 11.8 Å². The van der Waals surface area contributed by atoms with Crippen molar-refractivity contribution in [2.45, 2.75) is 31.4 Å². The van der Waals surface area contributed by atoms with E-state index in [4.69, 9.17) is 5.73 Å². The number of amides is 1. The molecule has 1 aromatic carbocycles. The lowest BCUT2D eigenvalue weighted by molar-refractivity contribution is 0.0949. The standard InChI is InChI=1S/C14H20N2OS/c1-10-11(5-3-6-12(10)15)13(17)16-9-14(2)7-4-8-18-14/h3,5-6H,4,7-9,15H2,1-2H3,(H,16,17). The lowest BCUT2D eigenvalue weighted by Crippen LogP contribution is -2.37. The minimum absolute atomic E-state index is 0.0199. The van der Waals surface area contributed by atoms with Gasteiger partial charge in [0.2, 0.25) is 0 Å². The maximum atomic E-state index is 12.1. The molecule has 2 rings (SSSR count).